The van der Waals surface area contributed by atoms with E-state index < -0.39 is 5.92 Å². The zero-order chi connectivity index (χ0) is 14.5. The van der Waals surface area contributed by atoms with Crippen LogP contribution in [-0.4, -0.2) is 28.5 Å². The van der Waals surface area contributed by atoms with E-state index >= 15 is 0 Å². The summed E-state index contributed by atoms with van der Waals surface area (Å²) in [6, 6.07) is 5.80. The molecule has 0 saturated heterocycles. The van der Waals surface area contributed by atoms with Crippen molar-refractivity contribution in [3.8, 4) is 0 Å². The van der Waals surface area contributed by atoms with Crippen molar-refractivity contribution in [2.24, 2.45) is 0 Å². The molecule has 2 aromatic heterocycles. The Morgan fingerprint density at radius 1 is 1.55 bits per heavy atom. The summed E-state index contributed by atoms with van der Waals surface area (Å²) < 4.78 is 7.02. The average molecular weight is 271 g/mol. The first kappa shape index (κ1) is 14.1. The number of fused-ring (bicyclic) bond motifs is 1. The van der Waals surface area contributed by atoms with Gasteiger partial charge in [0.1, 0.15) is 11.7 Å². The molecule has 0 amide bonds. The van der Waals surface area contributed by atoms with Crippen molar-refractivity contribution in [1.82, 2.24) is 9.38 Å². The molecule has 0 bridgehead atoms. The van der Waals surface area contributed by atoms with Crippen LogP contribution in [0, 0.1) is 13.5 Å². The van der Waals surface area contributed by atoms with Gasteiger partial charge in [0.25, 0.3) is 0 Å². The van der Waals surface area contributed by atoms with Gasteiger partial charge < -0.3 is 14.0 Å². The van der Waals surface area contributed by atoms with Gasteiger partial charge in [0.15, 0.2) is 0 Å². The molecule has 1 atom stereocenters. The van der Waals surface area contributed by atoms with Crippen molar-refractivity contribution in [1.29, 1.82) is 0 Å². The number of ether oxygens (including phenoxy) is 1. The second kappa shape index (κ2) is 6.20. The number of rotatable bonds is 5. The summed E-state index contributed by atoms with van der Waals surface area (Å²) in [6.07, 6.45) is 2.31. The maximum Gasteiger partial charge on any atom is 0.316 e. The van der Waals surface area contributed by atoms with Crippen molar-refractivity contribution >= 4 is 11.5 Å². The fourth-order valence-electron chi connectivity index (χ4n) is 2.26. The van der Waals surface area contributed by atoms with Crippen molar-refractivity contribution < 1.29 is 9.53 Å². The summed E-state index contributed by atoms with van der Waals surface area (Å²) in [4.78, 5) is 20.0. The van der Waals surface area contributed by atoms with Crippen LogP contribution in [0.15, 0.2) is 24.4 Å². The lowest BCUT2D eigenvalue weighted by Gasteiger charge is -2.12. The molecule has 0 aliphatic heterocycles. The number of aromatic nitrogens is 2. The summed E-state index contributed by atoms with van der Waals surface area (Å²) in [6.45, 7) is 11.2. The van der Waals surface area contributed by atoms with Crippen LogP contribution in [0.3, 0.4) is 0 Å². The fraction of sp³-hybridized carbons (Fsp3) is 0.400. The van der Waals surface area contributed by atoms with Crippen LogP contribution in [0.5, 0.6) is 0 Å². The lowest BCUT2D eigenvalue weighted by Crippen LogP contribution is -2.19. The third-order valence-electron chi connectivity index (χ3n) is 3.17. The Hall–Kier alpha value is -2.35. The zero-order valence-corrected chi connectivity index (χ0v) is 11.7. The second-order valence-corrected chi connectivity index (χ2v) is 4.49. The largest absolute Gasteiger partial charge is 0.465 e. The van der Waals surface area contributed by atoms with Crippen LogP contribution in [-0.2, 0) is 9.53 Å². The number of carbonyl (C=O) groups is 1. The zero-order valence-electron chi connectivity index (χ0n) is 11.7. The number of hydrogen-bond donors (Lipinski definition) is 0. The highest BCUT2D eigenvalue weighted by Crippen LogP contribution is 2.24. The van der Waals surface area contributed by atoms with Gasteiger partial charge in [0.05, 0.1) is 17.8 Å². The lowest BCUT2D eigenvalue weighted by atomic mass is 10.1. The van der Waals surface area contributed by atoms with E-state index in [0.717, 1.165) is 11.2 Å². The van der Waals surface area contributed by atoms with Gasteiger partial charge in [0, 0.05) is 12.6 Å². The molecule has 5 nitrogen and oxygen atoms in total. The Labute approximate surface area is 118 Å². The molecule has 1 unspecified atom stereocenters. The summed E-state index contributed by atoms with van der Waals surface area (Å²) in [5, 5.41) is 0. The van der Waals surface area contributed by atoms with Crippen molar-refractivity contribution in [3.63, 3.8) is 0 Å². The first-order valence-electron chi connectivity index (χ1n) is 6.62. The highest BCUT2D eigenvalue weighted by Gasteiger charge is 2.27. The molecule has 5 heteroatoms. The number of nitrogens with zero attached hydrogens (tertiary/aromatic N) is 3. The molecule has 0 spiro atoms. The molecular formula is C15H17N3O2. The van der Waals surface area contributed by atoms with Crippen LogP contribution in [0.1, 0.15) is 30.8 Å². The van der Waals surface area contributed by atoms with Crippen LogP contribution in [0.2, 0.25) is 0 Å². The van der Waals surface area contributed by atoms with Crippen molar-refractivity contribution in [3.05, 3.63) is 47.3 Å². The van der Waals surface area contributed by atoms with Gasteiger partial charge in [-0.1, -0.05) is 6.07 Å². The van der Waals surface area contributed by atoms with Gasteiger partial charge in [-0.05, 0) is 26.0 Å². The number of pyridine rings is 1. The van der Waals surface area contributed by atoms with Gasteiger partial charge >= 0.3 is 5.97 Å². The number of imidazole rings is 1. The fourth-order valence-corrected chi connectivity index (χ4v) is 2.26. The highest BCUT2D eigenvalue weighted by atomic mass is 16.5. The normalized spacial score (nSPS) is 12.1. The minimum absolute atomic E-state index is 0.282. The molecule has 0 aromatic carbocycles. The van der Waals surface area contributed by atoms with E-state index in [4.69, 9.17) is 11.3 Å². The quantitative estimate of drug-likeness (QED) is 0.620. The molecule has 2 aromatic rings. The smallest absolute Gasteiger partial charge is 0.316 e. The molecule has 2 rings (SSSR count). The SMILES string of the molecule is [C-]#[N+]CCC(C(=O)OCC)c1nc(C)c2ccccn12. The molecule has 0 N–H and O–H groups in total. The first-order valence-corrected chi connectivity index (χ1v) is 6.62. The van der Waals surface area contributed by atoms with Gasteiger partial charge in [-0.3, -0.25) is 4.79 Å². The Bertz CT molecular complexity index is 655. The average Bonchev–Trinajstić information content (AvgIpc) is 2.78. The van der Waals surface area contributed by atoms with Crippen LogP contribution < -0.4 is 0 Å². The van der Waals surface area contributed by atoms with Gasteiger partial charge in [-0.15, -0.1) is 0 Å². The van der Waals surface area contributed by atoms with Crippen molar-refractivity contribution in [2.75, 3.05) is 13.2 Å². The molecule has 20 heavy (non-hydrogen) atoms. The minimum Gasteiger partial charge on any atom is -0.465 e. The summed E-state index contributed by atoms with van der Waals surface area (Å²) in [5.74, 6) is -0.153. The minimum atomic E-state index is -0.493. The summed E-state index contributed by atoms with van der Waals surface area (Å²) in [7, 11) is 0. The van der Waals surface area contributed by atoms with E-state index in [1.165, 1.54) is 0 Å². The van der Waals surface area contributed by atoms with Crippen LogP contribution in [0.4, 0.5) is 0 Å². The number of hydrogen-bond acceptors (Lipinski definition) is 3. The number of esters is 1. The third kappa shape index (κ3) is 2.64. The molecule has 0 fully saturated rings. The van der Waals surface area contributed by atoms with E-state index in [1.54, 1.807) is 6.92 Å². The molecule has 104 valence electrons. The maximum atomic E-state index is 12.1. The van der Waals surface area contributed by atoms with E-state index in [-0.39, 0.29) is 12.5 Å². The van der Waals surface area contributed by atoms with Crippen LogP contribution >= 0.6 is 0 Å². The third-order valence-corrected chi connectivity index (χ3v) is 3.17. The van der Waals surface area contributed by atoms with E-state index in [2.05, 4.69) is 9.83 Å². The molecule has 0 radical (unpaired) electrons. The number of carbonyl (C=O) groups excluding carboxylic acids is 1. The number of aryl methyl sites for hydroxylation is 1. The van der Waals surface area contributed by atoms with Gasteiger partial charge in [0.2, 0.25) is 6.54 Å². The first-order chi connectivity index (χ1) is 9.69. The topological polar surface area (TPSA) is 48.0 Å². The van der Waals surface area contributed by atoms with Gasteiger partial charge in [-0.2, -0.15) is 0 Å². The monoisotopic (exact) mass is 271 g/mol. The predicted octanol–water partition coefficient (Wildman–Crippen LogP) is 2.60. The van der Waals surface area contributed by atoms with Crippen molar-refractivity contribution in [2.45, 2.75) is 26.2 Å². The molecule has 2 heterocycles. The Balaban J connectivity index is 2.45. The Morgan fingerprint density at radius 2 is 2.35 bits per heavy atom. The lowest BCUT2D eigenvalue weighted by molar-refractivity contribution is -0.145. The standard InChI is InChI=1S/C15H17N3O2/c1-4-20-15(19)12(8-9-16-3)14-17-11(2)13-7-5-6-10-18(13)14/h5-7,10,12H,4,8-9H2,1-2H3. The Morgan fingerprint density at radius 3 is 3.05 bits per heavy atom. The highest BCUT2D eigenvalue weighted by molar-refractivity contribution is 5.77. The molecule has 0 saturated carbocycles. The summed E-state index contributed by atoms with van der Waals surface area (Å²) in [5.41, 5.74) is 1.84. The molecule has 0 aliphatic rings. The summed E-state index contributed by atoms with van der Waals surface area (Å²) >= 11 is 0. The second-order valence-electron chi connectivity index (χ2n) is 4.49. The van der Waals surface area contributed by atoms with Gasteiger partial charge in [-0.25, -0.2) is 11.6 Å². The predicted molar refractivity (Wildman–Crippen MR) is 75.4 cm³/mol. The van der Waals surface area contributed by atoms with Crippen LogP contribution in [0.25, 0.3) is 10.4 Å². The van der Waals surface area contributed by atoms with E-state index in [1.807, 2.05) is 35.7 Å². The van der Waals surface area contributed by atoms with E-state index in [9.17, 15) is 4.79 Å². The van der Waals surface area contributed by atoms with E-state index in [0.29, 0.717) is 18.9 Å². The molecular weight excluding hydrogens is 254 g/mol. The maximum absolute atomic E-state index is 12.1. The molecule has 0 aliphatic carbocycles. The Kier molecular flexibility index (Phi) is 4.36.